The number of nitrogens with zero attached hydrogens (tertiary/aromatic N) is 4. The minimum atomic E-state index is -0.808. The maximum absolute atomic E-state index is 12.6. The van der Waals surface area contributed by atoms with Crippen LogP contribution in [0.3, 0.4) is 0 Å². The zero-order chi connectivity index (χ0) is 18.3. The summed E-state index contributed by atoms with van der Waals surface area (Å²) in [6.07, 6.45) is 0. The molecule has 0 aromatic carbocycles. The lowest BCUT2D eigenvalue weighted by Gasteiger charge is -2.25. The third kappa shape index (κ3) is 5.04. The van der Waals surface area contributed by atoms with Gasteiger partial charge in [-0.25, -0.2) is 0 Å². The Morgan fingerprint density at radius 1 is 1.29 bits per heavy atom. The highest BCUT2D eigenvalue weighted by molar-refractivity contribution is 7.85. The second kappa shape index (κ2) is 10.2. The third-order valence-corrected chi connectivity index (χ3v) is 5.59. The van der Waals surface area contributed by atoms with Gasteiger partial charge < -0.3 is 9.80 Å². The molecule has 138 valence electrons. The summed E-state index contributed by atoms with van der Waals surface area (Å²) in [4.78, 5) is 16.4. The topological polar surface area (TPSA) is 58.4 Å². The number of rotatable bonds is 5. The summed E-state index contributed by atoms with van der Waals surface area (Å²) in [5.41, 5.74) is 1.19. The van der Waals surface area contributed by atoms with Crippen LogP contribution in [0.15, 0.2) is 0 Å². The highest BCUT2D eigenvalue weighted by Crippen LogP contribution is 2.24. The Morgan fingerprint density at radius 2 is 1.88 bits per heavy atom. The molecule has 0 saturated carbocycles. The van der Waals surface area contributed by atoms with Crippen molar-refractivity contribution in [2.75, 3.05) is 38.2 Å². The molecular formula is C16H29ClN4O2S. The van der Waals surface area contributed by atoms with Crippen molar-refractivity contribution in [2.45, 2.75) is 40.8 Å². The Bertz CT molecular complexity index is 567. The molecule has 0 N–H and O–H groups in total. The van der Waals surface area contributed by atoms with E-state index >= 15 is 0 Å². The fourth-order valence-corrected chi connectivity index (χ4v) is 3.71. The number of carbonyl (C=O) groups excluding carboxylic acids is 1. The Morgan fingerprint density at radius 3 is 2.38 bits per heavy atom. The number of amides is 1. The first-order valence-electron chi connectivity index (χ1n) is 8.55. The number of aromatic nitrogens is 2. The van der Waals surface area contributed by atoms with Gasteiger partial charge in [0.15, 0.2) is 5.69 Å². The average Bonchev–Trinajstić information content (AvgIpc) is 2.92. The van der Waals surface area contributed by atoms with E-state index in [-0.39, 0.29) is 5.91 Å². The van der Waals surface area contributed by atoms with Crippen molar-refractivity contribution in [3.05, 3.63) is 16.4 Å². The van der Waals surface area contributed by atoms with E-state index in [0.717, 1.165) is 12.2 Å². The van der Waals surface area contributed by atoms with Crippen molar-refractivity contribution in [1.82, 2.24) is 19.6 Å². The van der Waals surface area contributed by atoms with Gasteiger partial charge in [-0.2, -0.15) is 5.10 Å². The normalized spacial score (nSPS) is 15.4. The standard InChI is InChI=1S/C14H23ClN4O2S.C2H6/c1-4-17(3)10-11-12(15)13(16-19(11)5-2)14(20)18-6-8-22(21)9-7-18;1-2/h4-10H2,1-3H3;1-2H3. The van der Waals surface area contributed by atoms with Gasteiger partial charge in [0.05, 0.1) is 10.7 Å². The molecule has 1 amide bonds. The maximum atomic E-state index is 12.6. The number of hydrogen-bond acceptors (Lipinski definition) is 4. The first-order chi connectivity index (χ1) is 11.5. The van der Waals surface area contributed by atoms with E-state index in [4.69, 9.17) is 11.6 Å². The molecule has 0 spiro atoms. The summed E-state index contributed by atoms with van der Waals surface area (Å²) in [6.45, 7) is 11.3. The summed E-state index contributed by atoms with van der Waals surface area (Å²) in [7, 11) is 1.20. The molecule has 0 aliphatic carbocycles. The molecule has 1 aliphatic rings. The summed E-state index contributed by atoms with van der Waals surface area (Å²) in [6, 6.07) is 0. The maximum Gasteiger partial charge on any atom is 0.275 e. The van der Waals surface area contributed by atoms with E-state index in [9.17, 15) is 9.00 Å². The smallest absolute Gasteiger partial charge is 0.275 e. The van der Waals surface area contributed by atoms with Gasteiger partial charge in [0.2, 0.25) is 0 Å². The van der Waals surface area contributed by atoms with Crippen LogP contribution in [0.1, 0.15) is 43.9 Å². The van der Waals surface area contributed by atoms with Crippen LogP contribution in [0, 0.1) is 0 Å². The Kier molecular flexibility index (Phi) is 8.94. The molecule has 0 unspecified atom stereocenters. The molecule has 2 heterocycles. The lowest BCUT2D eigenvalue weighted by molar-refractivity contribution is 0.0764. The Labute approximate surface area is 152 Å². The molecule has 0 radical (unpaired) electrons. The largest absolute Gasteiger partial charge is 0.335 e. The van der Waals surface area contributed by atoms with Gasteiger partial charge in [-0.1, -0.05) is 32.4 Å². The molecule has 1 aliphatic heterocycles. The van der Waals surface area contributed by atoms with Gasteiger partial charge in [0.25, 0.3) is 5.91 Å². The van der Waals surface area contributed by atoms with Crippen molar-refractivity contribution < 1.29 is 9.00 Å². The first-order valence-corrected chi connectivity index (χ1v) is 10.4. The quantitative estimate of drug-likeness (QED) is 0.790. The lowest BCUT2D eigenvalue weighted by atomic mass is 10.3. The summed E-state index contributed by atoms with van der Waals surface area (Å²) in [5, 5.41) is 4.84. The molecule has 1 aromatic rings. The van der Waals surface area contributed by atoms with Crippen LogP contribution >= 0.6 is 11.6 Å². The molecule has 1 saturated heterocycles. The second-order valence-corrected chi connectivity index (χ2v) is 7.47. The minimum absolute atomic E-state index is 0.158. The molecule has 2 rings (SSSR count). The highest BCUT2D eigenvalue weighted by Gasteiger charge is 2.28. The van der Waals surface area contributed by atoms with E-state index in [2.05, 4.69) is 16.9 Å². The molecule has 24 heavy (non-hydrogen) atoms. The van der Waals surface area contributed by atoms with Crippen LogP contribution in [0.4, 0.5) is 0 Å². The van der Waals surface area contributed by atoms with E-state index in [1.165, 1.54) is 0 Å². The lowest BCUT2D eigenvalue weighted by Crippen LogP contribution is -2.42. The van der Waals surface area contributed by atoms with Crippen LogP contribution < -0.4 is 0 Å². The van der Waals surface area contributed by atoms with Gasteiger partial charge in [0.1, 0.15) is 0 Å². The van der Waals surface area contributed by atoms with Crippen LogP contribution in [0.2, 0.25) is 5.02 Å². The number of aryl methyl sites for hydroxylation is 1. The van der Waals surface area contributed by atoms with Crippen molar-refractivity contribution in [1.29, 1.82) is 0 Å². The van der Waals surface area contributed by atoms with Crippen molar-refractivity contribution in [3.8, 4) is 0 Å². The van der Waals surface area contributed by atoms with Crippen LogP contribution in [-0.2, 0) is 23.9 Å². The van der Waals surface area contributed by atoms with Crippen molar-refractivity contribution >= 4 is 28.3 Å². The molecule has 8 heteroatoms. The molecule has 1 aromatic heterocycles. The van der Waals surface area contributed by atoms with E-state index < -0.39 is 10.8 Å². The molecular weight excluding hydrogens is 348 g/mol. The molecule has 0 bridgehead atoms. The van der Waals surface area contributed by atoms with Gasteiger partial charge in [0, 0.05) is 48.5 Å². The number of halogens is 1. The summed E-state index contributed by atoms with van der Waals surface area (Å²) < 4.78 is 13.2. The predicted molar refractivity (Wildman–Crippen MR) is 100 cm³/mol. The van der Waals surface area contributed by atoms with E-state index in [1.807, 2.05) is 27.8 Å². The van der Waals surface area contributed by atoms with E-state index in [1.54, 1.807) is 9.58 Å². The average molecular weight is 377 g/mol. The molecule has 1 fully saturated rings. The zero-order valence-corrected chi connectivity index (χ0v) is 16.9. The van der Waals surface area contributed by atoms with Crippen LogP contribution in [-0.4, -0.2) is 67.9 Å². The zero-order valence-electron chi connectivity index (χ0n) is 15.3. The fraction of sp³-hybridized carbons (Fsp3) is 0.750. The van der Waals surface area contributed by atoms with Gasteiger partial charge >= 0.3 is 0 Å². The van der Waals surface area contributed by atoms with Gasteiger partial charge in [-0.3, -0.25) is 13.7 Å². The SMILES string of the molecule is CC.CCN(C)Cc1c(Cl)c(C(=O)N2CCS(=O)CC2)nn1CC. The third-order valence-electron chi connectivity index (χ3n) is 3.92. The Hall–Kier alpha value is -0.920. The van der Waals surface area contributed by atoms with Crippen LogP contribution in [0.25, 0.3) is 0 Å². The summed E-state index contributed by atoms with van der Waals surface area (Å²) in [5.74, 6) is 0.904. The predicted octanol–water partition coefficient (Wildman–Crippen LogP) is 2.24. The fourth-order valence-electron chi connectivity index (χ4n) is 2.38. The number of carbonyl (C=O) groups is 1. The van der Waals surface area contributed by atoms with Crippen molar-refractivity contribution in [3.63, 3.8) is 0 Å². The molecule has 6 nitrogen and oxygen atoms in total. The van der Waals surface area contributed by atoms with Crippen LogP contribution in [0.5, 0.6) is 0 Å². The Balaban J connectivity index is 0.00000139. The van der Waals surface area contributed by atoms with Crippen molar-refractivity contribution in [2.24, 2.45) is 0 Å². The van der Waals surface area contributed by atoms with Gasteiger partial charge in [-0.15, -0.1) is 0 Å². The second-order valence-electron chi connectivity index (χ2n) is 5.40. The molecule has 0 atom stereocenters. The minimum Gasteiger partial charge on any atom is -0.335 e. The monoisotopic (exact) mass is 376 g/mol. The number of hydrogen-bond donors (Lipinski definition) is 0. The van der Waals surface area contributed by atoms with E-state index in [0.29, 0.717) is 48.4 Å². The highest BCUT2D eigenvalue weighted by atomic mass is 35.5. The first kappa shape index (κ1) is 21.1. The van der Waals surface area contributed by atoms with Gasteiger partial charge in [-0.05, 0) is 20.5 Å². The summed E-state index contributed by atoms with van der Waals surface area (Å²) >= 11 is 6.43.